The van der Waals surface area contributed by atoms with Crippen molar-refractivity contribution in [3.8, 4) is 0 Å². The third-order valence-corrected chi connectivity index (χ3v) is 4.57. The number of hydrogen-bond donors (Lipinski definition) is 1. The summed E-state index contributed by atoms with van der Waals surface area (Å²) in [5.74, 6) is 0. The summed E-state index contributed by atoms with van der Waals surface area (Å²) in [6.07, 6.45) is 4.41. The van der Waals surface area contributed by atoms with Crippen molar-refractivity contribution in [3.63, 3.8) is 0 Å². The number of aromatic nitrogens is 2. The smallest absolute Gasteiger partial charge is 0.0928 e. The number of nitrogens with zero attached hydrogens (tertiary/aromatic N) is 2. The van der Waals surface area contributed by atoms with Gasteiger partial charge >= 0.3 is 0 Å². The van der Waals surface area contributed by atoms with Crippen LogP contribution < -0.4 is 5.32 Å². The van der Waals surface area contributed by atoms with E-state index in [-0.39, 0.29) is 0 Å². The van der Waals surface area contributed by atoms with Gasteiger partial charge in [-0.05, 0) is 49.0 Å². The zero-order valence-corrected chi connectivity index (χ0v) is 13.4. The van der Waals surface area contributed by atoms with Gasteiger partial charge in [0.2, 0.25) is 0 Å². The molecule has 1 aromatic carbocycles. The van der Waals surface area contributed by atoms with E-state index in [2.05, 4.69) is 52.7 Å². The highest BCUT2D eigenvalue weighted by atomic mass is 32.1. The Kier molecular flexibility index (Phi) is 4.36. The molecule has 0 bridgehead atoms. The van der Waals surface area contributed by atoms with E-state index in [1.54, 1.807) is 11.3 Å². The molecule has 3 rings (SSSR count). The fraction of sp³-hybridized carbons (Fsp3) is 0.353. The molecule has 0 saturated carbocycles. The van der Waals surface area contributed by atoms with Crippen LogP contribution in [0.15, 0.2) is 35.8 Å². The van der Waals surface area contributed by atoms with Crippen molar-refractivity contribution in [1.29, 1.82) is 0 Å². The zero-order chi connectivity index (χ0) is 14.7. The van der Waals surface area contributed by atoms with Crippen LogP contribution in [0.3, 0.4) is 0 Å². The number of thiazole rings is 1. The summed E-state index contributed by atoms with van der Waals surface area (Å²) < 4.78 is 2.28. The predicted molar refractivity (Wildman–Crippen MR) is 89.9 cm³/mol. The molecule has 0 saturated heterocycles. The minimum absolute atomic E-state index is 0.856. The summed E-state index contributed by atoms with van der Waals surface area (Å²) in [5.41, 5.74) is 3.77. The van der Waals surface area contributed by atoms with Gasteiger partial charge in [0.25, 0.3) is 0 Å². The lowest BCUT2D eigenvalue weighted by atomic mass is 10.1. The summed E-state index contributed by atoms with van der Waals surface area (Å²) in [4.78, 5) is 4.72. The first-order chi connectivity index (χ1) is 10.3. The SMILES string of the molecule is CCCc1nc(Cn2ccc3cc(CNC)ccc32)cs1. The van der Waals surface area contributed by atoms with Crippen molar-refractivity contribution in [2.24, 2.45) is 0 Å². The van der Waals surface area contributed by atoms with Gasteiger partial charge in [0.15, 0.2) is 0 Å². The molecule has 0 atom stereocenters. The van der Waals surface area contributed by atoms with E-state index in [0.29, 0.717) is 0 Å². The molecule has 0 spiro atoms. The van der Waals surface area contributed by atoms with Crippen LogP contribution in [0.5, 0.6) is 0 Å². The lowest BCUT2D eigenvalue weighted by molar-refractivity contribution is 0.800. The monoisotopic (exact) mass is 299 g/mol. The third-order valence-electron chi connectivity index (χ3n) is 3.61. The molecule has 0 amide bonds. The molecule has 3 aromatic rings. The first-order valence-electron chi connectivity index (χ1n) is 7.46. The van der Waals surface area contributed by atoms with E-state index >= 15 is 0 Å². The van der Waals surface area contributed by atoms with Crippen molar-refractivity contribution < 1.29 is 0 Å². The Hall–Kier alpha value is -1.65. The average molecular weight is 299 g/mol. The molecule has 4 heteroatoms. The highest BCUT2D eigenvalue weighted by Gasteiger charge is 2.06. The Morgan fingerprint density at radius 2 is 2.19 bits per heavy atom. The zero-order valence-electron chi connectivity index (χ0n) is 12.6. The molecule has 0 fully saturated rings. The second-order valence-corrected chi connectivity index (χ2v) is 6.29. The van der Waals surface area contributed by atoms with Gasteiger partial charge < -0.3 is 9.88 Å². The third kappa shape index (κ3) is 3.17. The summed E-state index contributed by atoms with van der Waals surface area (Å²) in [7, 11) is 1.98. The van der Waals surface area contributed by atoms with Gasteiger partial charge in [-0.1, -0.05) is 13.0 Å². The maximum atomic E-state index is 4.72. The Labute approximate surface area is 129 Å². The van der Waals surface area contributed by atoms with Crippen LogP contribution >= 0.6 is 11.3 Å². The summed E-state index contributed by atoms with van der Waals surface area (Å²) in [6.45, 7) is 3.96. The van der Waals surface area contributed by atoms with E-state index in [9.17, 15) is 0 Å². The van der Waals surface area contributed by atoms with Crippen molar-refractivity contribution in [1.82, 2.24) is 14.9 Å². The molecular formula is C17H21N3S. The molecular weight excluding hydrogens is 278 g/mol. The fourth-order valence-electron chi connectivity index (χ4n) is 2.63. The van der Waals surface area contributed by atoms with Crippen LogP contribution in [0, 0.1) is 0 Å². The maximum Gasteiger partial charge on any atom is 0.0928 e. The largest absolute Gasteiger partial charge is 0.341 e. The minimum Gasteiger partial charge on any atom is -0.341 e. The van der Waals surface area contributed by atoms with E-state index in [1.165, 1.54) is 27.2 Å². The predicted octanol–water partition coefficient (Wildman–Crippen LogP) is 3.82. The van der Waals surface area contributed by atoms with E-state index in [1.807, 2.05) is 7.05 Å². The van der Waals surface area contributed by atoms with Crippen molar-refractivity contribution in [2.75, 3.05) is 7.05 Å². The number of hydrogen-bond acceptors (Lipinski definition) is 3. The number of aryl methyl sites for hydroxylation is 1. The van der Waals surface area contributed by atoms with Gasteiger partial charge in [-0.2, -0.15) is 0 Å². The van der Waals surface area contributed by atoms with Crippen LogP contribution in [-0.4, -0.2) is 16.6 Å². The maximum absolute atomic E-state index is 4.72. The molecule has 3 nitrogen and oxygen atoms in total. The topological polar surface area (TPSA) is 29.9 Å². The lowest BCUT2D eigenvalue weighted by Crippen LogP contribution is -2.04. The summed E-state index contributed by atoms with van der Waals surface area (Å²) in [6, 6.07) is 8.85. The van der Waals surface area contributed by atoms with Crippen LogP contribution in [0.25, 0.3) is 10.9 Å². The number of benzene rings is 1. The van der Waals surface area contributed by atoms with Gasteiger partial charge in [-0.3, -0.25) is 0 Å². The first kappa shape index (κ1) is 14.3. The van der Waals surface area contributed by atoms with Crippen molar-refractivity contribution in [2.45, 2.75) is 32.9 Å². The summed E-state index contributed by atoms with van der Waals surface area (Å²) >= 11 is 1.78. The molecule has 2 heterocycles. The molecule has 21 heavy (non-hydrogen) atoms. The highest BCUT2D eigenvalue weighted by Crippen LogP contribution is 2.20. The second kappa shape index (κ2) is 6.41. The molecule has 0 unspecified atom stereocenters. The highest BCUT2D eigenvalue weighted by molar-refractivity contribution is 7.09. The minimum atomic E-state index is 0.856. The normalized spacial score (nSPS) is 11.3. The first-order valence-corrected chi connectivity index (χ1v) is 8.33. The average Bonchev–Trinajstić information content (AvgIpc) is 3.08. The molecule has 0 aliphatic heterocycles. The second-order valence-electron chi connectivity index (χ2n) is 5.35. The van der Waals surface area contributed by atoms with Crippen LogP contribution in [-0.2, 0) is 19.5 Å². The van der Waals surface area contributed by atoms with Gasteiger partial charge in [0.05, 0.1) is 17.2 Å². The molecule has 0 aliphatic carbocycles. The standard InChI is InChI=1S/C17H21N3S/c1-3-4-17-19-15(12-21-17)11-20-8-7-14-9-13(10-18-2)5-6-16(14)20/h5-9,12,18H,3-4,10-11H2,1-2H3. The molecule has 2 aromatic heterocycles. The van der Waals surface area contributed by atoms with Gasteiger partial charge in [-0.15, -0.1) is 11.3 Å². The van der Waals surface area contributed by atoms with Crippen molar-refractivity contribution >= 4 is 22.2 Å². The Morgan fingerprint density at radius 3 is 3.00 bits per heavy atom. The van der Waals surface area contributed by atoms with Crippen LogP contribution in [0.4, 0.5) is 0 Å². The molecule has 0 aliphatic rings. The van der Waals surface area contributed by atoms with Gasteiger partial charge in [0.1, 0.15) is 0 Å². The number of rotatable bonds is 6. The lowest BCUT2D eigenvalue weighted by Gasteiger charge is -2.05. The van der Waals surface area contributed by atoms with Gasteiger partial charge in [-0.25, -0.2) is 4.98 Å². The van der Waals surface area contributed by atoms with E-state index < -0.39 is 0 Å². The fourth-order valence-corrected chi connectivity index (χ4v) is 3.52. The Bertz CT molecular complexity index is 727. The Balaban J connectivity index is 1.83. The number of nitrogens with one attached hydrogen (secondary N) is 1. The molecule has 0 radical (unpaired) electrons. The molecule has 110 valence electrons. The quantitative estimate of drug-likeness (QED) is 0.750. The van der Waals surface area contributed by atoms with Gasteiger partial charge in [0, 0.05) is 23.6 Å². The van der Waals surface area contributed by atoms with E-state index in [0.717, 1.165) is 25.9 Å². The van der Waals surface area contributed by atoms with E-state index in [4.69, 9.17) is 4.98 Å². The number of fused-ring (bicyclic) bond motifs is 1. The Morgan fingerprint density at radius 1 is 1.29 bits per heavy atom. The van der Waals surface area contributed by atoms with Crippen LogP contribution in [0.2, 0.25) is 0 Å². The van der Waals surface area contributed by atoms with Crippen molar-refractivity contribution in [3.05, 3.63) is 52.1 Å². The van der Waals surface area contributed by atoms with Crippen LogP contribution in [0.1, 0.15) is 29.6 Å². The molecule has 1 N–H and O–H groups in total. The summed E-state index contributed by atoms with van der Waals surface area (Å²) in [5, 5.41) is 7.93.